The first-order valence-corrected chi connectivity index (χ1v) is 40.7. The molecule has 0 aromatic heterocycles. The molecular weight excluding hydrogens is 1300 g/mol. The van der Waals surface area contributed by atoms with Gasteiger partial charge in [0.05, 0.1) is 18.8 Å². The van der Waals surface area contributed by atoms with Gasteiger partial charge in [-0.2, -0.15) is 0 Å². The molecule has 105 heavy (non-hydrogen) atoms. The molecule has 0 aliphatic carbocycles. The van der Waals surface area contributed by atoms with Crippen molar-refractivity contribution in [1.29, 1.82) is 0 Å². The molecule has 0 saturated carbocycles. The van der Waals surface area contributed by atoms with Crippen molar-refractivity contribution in [1.82, 2.24) is 10.6 Å². The topological polar surface area (TPSA) is 169 Å². The minimum atomic E-state index is -0.273. The number of rotatable bonds is 36. The lowest BCUT2D eigenvalue weighted by Gasteiger charge is -2.06. The molecule has 0 bridgehead atoms. The van der Waals surface area contributed by atoms with Crippen molar-refractivity contribution in [3.05, 3.63) is 154 Å². The monoisotopic (exact) mass is 1470 g/mol. The Balaban J connectivity index is -0.000000269. The highest BCUT2D eigenvalue weighted by atomic mass is 16.5. The smallest absolute Gasteiger partial charge is 0.337 e. The average Bonchev–Trinajstić information content (AvgIpc) is 0.937. The summed E-state index contributed by atoms with van der Waals surface area (Å²) >= 11 is 0. The van der Waals surface area contributed by atoms with Crippen LogP contribution in [0.2, 0.25) is 0 Å². The van der Waals surface area contributed by atoms with E-state index in [1.807, 2.05) is 107 Å². The SMILES string of the molecule is C/C=C(/C=C/c1ccc(CCC(C)C)cc1)C(=O)OCC.CCC(=O)CCC(C)C.CCCC(C)C.CCCCCC(C)C.CCCNC(=O)CC(C)C.CCOCCc1ccc(CCC(C)C)cc1.CNC(=O)CC(C)C.Cc1ccc(CCC(C)C)cc1.Cc1ccc(OC(=O)CC(C)C)cc1.O. The maximum Gasteiger partial charge on any atom is 0.337 e. The van der Waals surface area contributed by atoms with E-state index in [1.165, 1.54) is 98.4 Å². The molecule has 0 spiro atoms. The standard InChI is InChI=1S/C19H26O2.C15H24O.C12H16O2.C12H18.C8H17NO.C8H16O.C8H18.C6H13NO.C6H14.H2O/c1-5-18(19(20)21-6-2)14-13-17-11-9-16(10-12-17)8-7-15(3)4;1-4-16-12-11-15-9-7-14(8-10-15)6-5-13(2)3;1-9(2)8-12(13)14-11-6-4-10(3)5-7-11;1-10(2)4-7-12-8-5-11(3)6-9-12;1-4-5-9-8(10)6-7(2)3;1-4-8(9)6-5-7(2)3;1-4-5-6-7-8(2)3;1-5(2)4-6(8)7-3;1-4-5-6(2)3;/h5,9-15H,6-8H2,1-4H3;7-10,13H,4-6,11-12H2,1-3H3;4-7,9H,8H2,1-3H3;5-6,8-10H,4,7H2,1-3H3;7H,4-6H2,1-3H3,(H,9,10);7H,4-6H2,1-3H3;8H,4-7H2,1-3H3;5H,4H2,1-3H3,(H,7,8);6H,4-5H2,1-3H3;1H2/b14-13+,18-5-;;;;;;;;;. The third-order valence-electron chi connectivity index (χ3n) is 15.7. The summed E-state index contributed by atoms with van der Waals surface area (Å²) in [4.78, 5) is 55.1. The molecule has 4 N–H and O–H groups in total. The van der Waals surface area contributed by atoms with Gasteiger partial charge in [-0.1, -0.05) is 299 Å². The Morgan fingerprint density at radius 2 is 0.848 bits per heavy atom. The molecule has 4 rings (SSSR count). The van der Waals surface area contributed by atoms with Crippen LogP contribution in [-0.2, 0) is 59.1 Å². The van der Waals surface area contributed by atoms with Crippen LogP contribution in [0.5, 0.6) is 5.75 Å². The summed E-state index contributed by atoms with van der Waals surface area (Å²) in [5.41, 5.74) is 9.84. The van der Waals surface area contributed by atoms with E-state index in [0.717, 1.165) is 92.6 Å². The first kappa shape index (κ1) is 110. The third kappa shape index (κ3) is 81.8. The Bertz CT molecular complexity index is 2680. The summed E-state index contributed by atoms with van der Waals surface area (Å²) < 4.78 is 15.5. The molecule has 2 amide bonds. The number of esters is 2. The number of benzene rings is 4. The van der Waals surface area contributed by atoms with Crippen LogP contribution < -0.4 is 15.4 Å². The van der Waals surface area contributed by atoms with Gasteiger partial charge in [0.15, 0.2) is 0 Å². The highest BCUT2D eigenvalue weighted by Crippen LogP contribution is 2.17. The van der Waals surface area contributed by atoms with Gasteiger partial charge in [-0.3, -0.25) is 19.2 Å². The van der Waals surface area contributed by atoms with Gasteiger partial charge in [0.2, 0.25) is 11.8 Å². The molecule has 0 atom stereocenters. The van der Waals surface area contributed by atoms with E-state index in [1.54, 1.807) is 19.2 Å². The molecule has 11 heteroatoms. The predicted molar refractivity (Wildman–Crippen MR) is 457 cm³/mol. The third-order valence-corrected chi connectivity index (χ3v) is 15.7. The lowest BCUT2D eigenvalue weighted by Crippen LogP contribution is -2.24. The van der Waals surface area contributed by atoms with Crippen LogP contribution in [0.25, 0.3) is 6.08 Å². The van der Waals surface area contributed by atoms with Crippen LogP contribution in [0.4, 0.5) is 0 Å². The Labute approximate surface area is 648 Å². The van der Waals surface area contributed by atoms with Crippen LogP contribution in [0.1, 0.15) is 315 Å². The van der Waals surface area contributed by atoms with E-state index in [4.69, 9.17) is 14.2 Å². The quantitative estimate of drug-likeness (QED) is 0.0149. The number of ketones is 1. The fourth-order valence-corrected chi connectivity index (χ4v) is 9.11. The van der Waals surface area contributed by atoms with Crippen molar-refractivity contribution in [3.63, 3.8) is 0 Å². The van der Waals surface area contributed by atoms with Gasteiger partial charge >= 0.3 is 11.9 Å². The Hall–Kier alpha value is -6.17. The predicted octanol–water partition coefficient (Wildman–Crippen LogP) is 24.8. The van der Waals surface area contributed by atoms with Crippen molar-refractivity contribution < 1.29 is 43.7 Å². The number of hydrogen-bond acceptors (Lipinski definition) is 8. The van der Waals surface area contributed by atoms with E-state index in [9.17, 15) is 24.0 Å². The lowest BCUT2D eigenvalue weighted by molar-refractivity contribution is -0.138. The van der Waals surface area contributed by atoms with Gasteiger partial charge in [-0.05, 0) is 192 Å². The van der Waals surface area contributed by atoms with Crippen molar-refractivity contribution >= 4 is 35.6 Å². The maximum atomic E-state index is 11.7. The number of ether oxygens (including phenoxy) is 3. The maximum absolute atomic E-state index is 11.7. The number of unbranched alkanes of at least 4 members (excludes halogenated alkanes) is 2. The fraction of sp³-hybridized carbons (Fsp3) is 0.649. The number of carbonyl (C=O) groups excluding carboxylic acids is 5. The molecule has 4 aromatic carbocycles. The molecule has 0 aliphatic heterocycles. The highest BCUT2D eigenvalue weighted by Gasteiger charge is 2.09. The summed E-state index contributed by atoms with van der Waals surface area (Å²) in [5.74, 6) is 6.96. The van der Waals surface area contributed by atoms with Crippen molar-refractivity contribution in [3.8, 4) is 5.75 Å². The molecule has 604 valence electrons. The average molecular weight is 1470 g/mol. The molecule has 11 nitrogen and oxygen atoms in total. The number of hydrogen-bond donors (Lipinski definition) is 2. The van der Waals surface area contributed by atoms with E-state index in [-0.39, 0.29) is 29.2 Å². The second-order valence-electron chi connectivity index (χ2n) is 31.1. The zero-order chi connectivity index (χ0) is 80.2. The second-order valence-corrected chi connectivity index (χ2v) is 31.1. The number of amides is 2. The van der Waals surface area contributed by atoms with Crippen LogP contribution in [0.3, 0.4) is 0 Å². The summed E-state index contributed by atoms with van der Waals surface area (Å²) in [7, 11) is 1.66. The summed E-state index contributed by atoms with van der Waals surface area (Å²) in [6.07, 6.45) is 27.5. The van der Waals surface area contributed by atoms with E-state index >= 15 is 0 Å². The molecule has 4 aromatic rings. The van der Waals surface area contributed by atoms with Gasteiger partial charge in [0.25, 0.3) is 0 Å². The van der Waals surface area contributed by atoms with Gasteiger partial charge in [-0.25, -0.2) is 4.79 Å². The van der Waals surface area contributed by atoms with Crippen molar-refractivity contribution in [2.24, 2.45) is 53.3 Å². The lowest BCUT2D eigenvalue weighted by atomic mass is 10.0. The number of Topliss-reactive ketones (excluding diaryl/α,β-unsaturated/α-hetero) is 1. The normalized spacial score (nSPS) is 10.6. The summed E-state index contributed by atoms with van der Waals surface area (Å²) in [6.45, 7) is 60.2. The van der Waals surface area contributed by atoms with Crippen LogP contribution in [-0.4, -0.2) is 68.4 Å². The molecule has 0 unspecified atom stereocenters. The first-order chi connectivity index (χ1) is 49.1. The summed E-state index contributed by atoms with van der Waals surface area (Å²) in [6, 6.07) is 33.8. The van der Waals surface area contributed by atoms with Gasteiger partial charge in [-0.15, -0.1) is 0 Å². The molecule has 0 heterocycles. The molecule has 0 fully saturated rings. The number of carbonyl (C=O) groups is 5. The number of allylic oxidation sites excluding steroid dienone is 1. The van der Waals surface area contributed by atoms with Crippen molar-refractivity contribution in [2.75, 3.05) is 33.4 Å². The Morgan fingerprint density at radius 1 is 0.438 bits per heavy atom. The zero-order valence-electron chi connectivity index (χ0n) is 72.9. The van der Waals surface area contributed by atoms with Gasteiger partial charge in [0, 0.05) is 52.3 Å². The van der Waals surface area contributed by atoms with Crippen LogP contribution in [0, 0.1) is 67.1 Å². The molecule has 0 aliphatic rings. The Morgan fingerprint density at radius 3 is 1.19 bits per heavy atom. The van der Waals surface area contributed by atoms with Crippen molar-refractivity contribution in [2.45, 2.75) is 315 Å². The van der Waals surface area contributed by atoms with E-state index < -0.39 is 0 Å². The number of aryl methyl sites for hydroxylation is 5. The molecule has 0 saturated heterocycles. The molecular formula is C94H164N2O9. The van der Waals surface area contributed by atoms with Gasteiger partial charge in [0.1, 0.15) is 11.5 Å². The Kier molecular flexibility index (Phi) is 78.1. The van der Waals surface area contributed by atoms with Crippen LogP contribution in [0.15, 0.2) is 115 Å². The minimum absolute atomic E-state index is 0. The number of nitrogens with one attached hydrogen (secondary N) is 2. The van der Waals surface area contributed by atoms with E-state index in [0.29, 0.717) is 73.1 Å². The molecule has 0 radical (unpaired) electrons. The highest BCUT2D eigenvalue weighted by molar-refractivity contribution is 5.92. The minimum Gasteiger partial charge on any atom is -0.462 e. The van der Waals surface area contributed by atoms with Crippen LogP contribution >= 0.6 is 0 Å². The fourth-order valence-electron chi connectivity index (χ4n) is 9.11. The van der Waals surface area contributed by atoms with E-state index in [2.05, 4.69) is 194 Å². The van der Waals surface area contributed by atoms with Gasteiger partial charge < -0.3 is 30.3 Å². The second kappa shape index (κ2) is 74.7. The zero-order valence-corrected chi connectivity index (χ0v) is 72.9. The largest absolute Gasteiger partial charge is 0.462 e. The first-order valence-electron chi connectivity index (χ1n) is 40.7. The summed E-state index contributed by atoms with van der Waals surface area (Å²) in [5, 5.41) is 5.38.